The van der Waals surface area contributed by atoms with Gasteiger partial charge >= 0.3 is 0 Å². The van der Waals surface area contributed by atoms with Crippen molar-refractivity contribution in [1.29, 1.82) is 5.26 Å². The predicted molar refractivity (Wildman–Crippen MR) is 173 cm³/mol. The van der Waals surface area contributed by atoms with Crippen molar-refractivity contribution < 1.29 is 0 Å². The van der Waals surface area contributed by atoms with Gasteiger partial charge in [-0.25, -0.2) is 0 Å². The monoisotopic (exact) mass is 559 g/mol. The Kier molecular flexibility index (Phi) is 5.63. The van der Waals surface area contributed by atoms with E-state index in [0.29, 0.717) is 11.3 Å². The first kappa shape index (κ1) is 24.0. The molecule has 0 N–H and O–H groups in total. The van der Waals surface area contributed by atoms with Crippen LogP contribution in [0, 0.1) is 11.3 Å². The molecule has 1 aliphatic heterocycles. The van der Waals surface area contributed by atoms with Gasteiger partial charge in [-0.15, -0.1) is 11.3 Å². The molecule has 5 aromatic carbocycles. The Labute approximate surface area is 245 Å². The van der Waals surface area contributed by atoms with E-state index in [4.69, 9.17) is 4.98 Å². The lowest BCUT2D eigenvalue weighted by Gasteiger charge is -2.31. The molecule has 0 spiro atoms. The second-order valence-corrected chi connectivity index (χ2v) is 12.1. The highest BCUT2D eigenvalue weighted by Crippen LogP contribution is 2.52. The zero-order valence-corrected chi connectivity index (χ0v) is 23.4. The molecular formula is C36H21N3S2. The van der Waals surface area contributed by atoms with E-state index in [2.05, 4.69) is 126 Å². The number of allylic oxidation sites excluding steroid dienone is 1. The van der Waals surface area contributed by atoms with Crippen molar-refractivity contribution in [1.82, 2.24) is 4.98 Å². The molecule has 0 saturated carbocycles. The zero-order valence-electron chi connectivity index (χ0n) is 21.8. The first-order valence-electron chi connectivity index (χ1n) is 13.4. The Morgan fingerprint density at radius 3 is 1.85 bits per heavy atom. The van der Waals surface area contributed by atoms with Gasteiger partial charge in [-0.05, 0) is 75.5 Å². The van der Waals surface area contributed by atoms with E-state index < -0.39 is 0 Å². The van der Waals surface area contributed by atoms with E-state index in [9.17, 15) is 5.26 Å². The number of pyridine rings is 1. The fourth-order valence-corrected chi connectivity index (χ4v) is 7.77. The number of nitrogens with zero attached hydrogens (tertiary/aromatic N) is 3. The highest BCUT2D eigenvalue weighted by molar-refractivity contribution is 7.99. The summed E-state index contributed by atoms with van der Waals surface area (Å²) in [6.07, 6.45) is 3.88. The third-order valence-electron chi connectivity index (χ3n) is 7.58. The average Bonchev–Trinajstić information content (AvgIpc) is 3.50. The van der Waals surface area contributed by atoms with Gasteiger partial charge in [0.2, 0.25) is 0 Å². The van der Waals surface area contributed by atoms with E-state index in [0.717, 1.165) is 20.7 Å². The maximum absolute atomic E-state index is 10.2. The van der Waals surface area contributed by atoms with Crippen LogP contribution in [0.3, 0.4) is 0 Å². The molecular weight excluding hydrogens is 539 g/mol. The summed E-state index contributed by atoms with van der Waals surface area (Å²) in [5.74, 6) is 0. The van der Waals surface area contributed by atoms with Crippen molar-refractivity contribution in [3.8, 4) is 6.07 Å². The molecule has 0 amide bonds. The molecule has 0 fully saturated rings. The third kappa shape index (κ3) is 3.92. The van der Waals surface area contributed by atoms with Crippen molar-refractivity contribution in [2.24, 2.45) is 0 Å². The van der Waals surface area contributed by atoms with Crippen LogP contribution in [0.25, 0.3) is 44.0 Å². The summed E-state index contributed by atoms with van der Waals surface area (Å²) in [7, 11) is 0. The second-order valence-electron chi connectivity index (χ2n) is 9.93. The Morgan fingerprint density at radius 1 is 0.659 bits per heavy atom. The SMILES string of the molecule is N#C/C(=C\c1ccc(N2c3ccccc3Sc3ccccc32)s1)c1cc2c3ccccc3c3ccccc3c2cn1. The fourth-order valence-electron chi connectivity index (χ4n) is 5.73. The van der Waals surface area contributed by atoms with Crippen LogP contribution < -0.4 is 4.90 Å². The van der Waals surface area contributed by atoms with Crippen LogP contribution in [0.5, 0.6) is 0 Å². The minimum absolute atomic E-state index is 0.549. The lowest BCUT2D eigenvalue weighted by molar-refractivity contribution is 1.18. The van der Waals surface area contributed by atoms with Crippen molar-refractivity contribution in [3.05, 3.63) is 132 Å². The van der Waals surface area contributed by atoms with Crippen LogP contribution in [0.4, 0.5) is 16.4 Å². The molecule has 1 aliphatic rings. The molecule has 0 aliphatic carbocycles. The molecule has 3 nitrogen and oxygen atoms in total. The number of fused-ring (bicyclic) bond motifs is 8. The van der Waals surface area contributed by atoms with Gasteiger partial charge in [-0.2, -0.15) is 5.26 Å². The largest absolute Gasteiger partial charge is 0.300 e. The van der Waals surface area contributed by atoms with Gasteiger partial charge < -0.3 is 0 Å². The lowest BCUT2D eigenvalue weighted by Crippen LogP contribution is -2.13. The fraction of sp³-hybridized carbons (Fsp3) is 0. The molecule has 7 aromatic rings. The van der Waals surface area contributed by atoms with Gasteiger partial charge in [0.05, 0.1) is 22.6 Å². The van der Waals surface area contributed by atoms with Crippen LogP contribution in [-0.2, 0) is 0 Å². The van der Waals surface area contributed by atoms with Crippen molar-refractivity contribution in [2.75, 3.05) is 4.90 Å². The van der Waals surface area contributed by atoms with Crippen molar-refractivity contribution >= 4 is 83.4 Å². The molecule has 41 heavy (non-hydrogen) atoms. The summed E-state index contributed by atoms with van der Waals surface area (Å²) < 4.78 is 0. The van der Waals surface area contributed by atoms with Gasteiger partial charge in [0.25, 0.3) is 0 Å². The number of anilines is 3. The van der Waals surface area contributed by atoms with Gasteiger partial charge in [0.1, 0.15) is 11.1 Å². The number of para-hydroxylation sites is 2. The van der Waals surface area contributed by atoms with Gasteiger partial charge in [0, 0.05) is 26.3 Å². The number of thiophene rings is 1. The quantitative estimate of drug-likeness (QED) is 0.159. The number of rotatable bonds is 3. The van der Waals surface area contributed by atoms with E-state index in [1.165, 1.54) is 42.7 Å². The molecule has 3 heterocycles. The topological polar surface area (TPSA) is 39.9 Å². The molecule has 8 rings (SSSR count). The number of aromatic nitrogens is 1. The number of hydrogen-bond donors (Lipinski definition) is 0. The minimum Gasteiger partial charge on any atom is -0.300 e. The van der Waals surface area contributed by atoms with E-state index >= 15 is 0 Å². The van der Waals surface area contributed by atoms with Crippen LogP contribution >= 0.6 is 23.1 Å². The summed E-state index contributed by atoms with van der Waals surface area (Å²) in [5.41, 5.74) is 3.57. The van der Waals surface area contributed by atoms with Crippen LogP contribution in [0.2, 0.25) is 0 Å². The molecule has 192 valence electrons. The molecule has 2 aromatic heterocycles. The summed E-state index contributed by atoms with van der Waals surface area (Å²) in [5, 5.41) is 18.3. The smallest absolute Gasteiger partial charge is 0.101 e. The van der Waals surface area contributed by atoms with Gasteiger partial charge in [-0.1, -0.05) is 84.6 Å². The normalized spacial score (nSPS) is 12.9. The molecule has 0 radical (unpaired) electrons. The van der Waals surface area contributed by atoms with E-state index in [1.54, 1.807) is 23.1 Å². The molecule has 0 bridgehead atoms. The number of nitriles is 1. The standard InChI is InChI=1S/C36H21N3S2/c37-21-23(31-20-29-27-11-3-1-9-25(27)26-10-2-4-12-28(26)30(29)22-38-31)19-24-17-18-36(40-24)39-32-13-5-7-15-34(32)41-35-16-8-6-14-33(35)39/h1-20,22H/b23-19+. The molecule has 0 saturated heterocycles. The Hall–Kier alpha value is -4.89. The summed E-state index contributed by atoms with van der Waals surface area (Å²) in [6, 6.07) is 42.7. The summed E-state index contributed by atoms with van der Waals surface area (Å²) >= 11 is 3.48. The third-order valence-corrected chi connectivity index (χ3v) is 9.72. The first-order valence-corrected chi connectivity index (χ1v) is 15.0. The van der Waals surface area contributed by atoms with Crippen LogP contribution in [0.15, 0.2) is 131 Å². The second kappa shape index (κ2) is 9.64. The highest BCUT2D eigenvalue weighted by atomic mass is 32.2. The maximum atomic E-state index is 10.2. The number of benzene rings is 5. The van der Waals surface area contributed by atoms with Gasteiger partial charge in [0.15, 0.2) is 0 Å². The molecule has 0 unspecified atom stereocenters. The van der Waals surface area contributed by atoms with Crippen molar-refractivity contribution in [3.63, 3.8) is 0 Å². The van der Waals surface area contributed by atoms with Crippen LogP contribution in [-0.4, -0.2) is 4.98 Å². The zero-order chi connectivity index (χ0) is 27.3. The molecule has 0 atom stereocenters. The van der Waals surface area contributed by atoms with Crippen molar-refractivity contribution in [2.45, 2.75) is 9.79 Å². The summed E-state index contributed by atoms with van der Waals surface area (Å²) in [4.78, 5) is 10.6. The number of hydrogen-bond acceptors (Lipinski definition) is 5. The Bertz CT molecular complexity index is 2140. The first-order chi connectivity index (χ1) is 20.3. The average molecular weight is 560 g/mol. The maximum Gasteiger partial charge on any atom is 0.101 e. The predicted octanol–water partition coefficient (Wildman–Crippen LogP) is 10.6. The van der Waals surface area contributed by atoms with Crippen LogP contribution in [0.1, 0.15) is 10.6 Å². The van der Waals surface area contributed by atoms with E-state index in [1.807, 2.05) is 12.3 Å². The van der Waals surface area contributed by atoms with Gasteiger partial charge in [-0.3, -0.25) is 9.88 Å². The Morgan fingerprint density at radius 2 is 1.22 bits per heavy atom. The lowest BCUT2D eigenvalue weighted by atomic mass is 9.94. The highest BCUT2D eigenvalue weighted by Gasteiger charge is 2.25. The summed E-state index contributed by atoms with van der Waals surface area (Å²) in [6.45, 7) is 0. The Balaban J connectivity index is 1.24. The minimum atomic E-state index is 0.549. The van der Waals surface area contributed by atoms with E-state index in [-0.39, 0.29) is 0 Å². The molecule has 5 heteroatoms.